The molecular weight excluding hydrogens is 218 g/mol. The van der Waals surface area contributed by atoms with Crippen molar-refractivity contribution in [2.45, 2.75) is 25.7 Å². The molecule has 1 fully saturated rings. The summed E-state index contributed by atoms with van der Waals surface area (Å²) in [7, 11) is 0. The number of ether oxygens (including phenoxy) is 1. The van der Waals surface area contributed by atoms with Crippen molar-refractivity contribution in [2.24, 2.45) is 0 Å². The molecule has 88 valence electrons. The molecule has 5 nitrogen and oxygen atoms in total. The van der Waals surface area contributed by atoms with Crippen LogP contribution in [-0.2, 0) is 4.74 Å². The third kappa shape index (κ3) is 1.67. The van der Waals surface area contributed by atoms with Gasteiger partial charge < -0.3 is 4.74 Å². The molecule has 0 aliphatic heterocycles. The van der Waals surface area contributed by atoms with Gasteiger partial charge in [0, 0.05) is 12.1 Å². The zero-order valence-electron chi connectivity index (χ0n) is 9.59. The molecule has 0 saturated heterocycles. The summed E-state index contributed by atoms with van der Waals surface area (Å²) in [5.41, 5.74) is 1.07. The molecule has 0 spiro atoms. The molecule has 5 heteroatoms. The van der Waals surface area contributed by atoms with Gasteiger partial charge in [0.15, 0.2) is 5.65 Å². The van der Waals surface area contributed by atoms with Gasteiger partial charge in [-0.2, -0.15) is 0 Å². The zero-order chi connectivity index (χ0) is 11.8. The lowest BCUT2D eigenvalue weighted by Crippen LogP contribution is -2.07. The fourth-order valence-corrected chi connectivity index (χ4v) is 1.92. The second kappa shape index (κ2) is 3.84. The number of hydrogen-bond donors (Lipinski definition) is 0. The van der Waals surface area contributed by atoms with Crippen LogP contribution in [0.4, 0.5) is 0 Å². The maximum atomic E-state index is 11.8. The van der Waals surface area contributed by atoms with Crippen molar-refractivity contribution in [1.29, 1.82) is 0 Å². The second-order valence-electron chi connectivity index (χ2n) is 4.17. The standard InChI is InChI=1S/C12H13N3O2/c1-2-17-12(16)9-4-3-7-15-10(8-5-6-8)13-14-11(9)15/h3-4,7-8H,2,5-6H2,1H3. The van der Waals surface area contributed by atoms with Crippen molar-refractivity contribution in [1.82, 2.24) is 14.6 Å². The van der Waals surface area contributed by atoms with E-state index in [4.69, 9.17) is 4.74 Å². The van der Waals surface area contributed by atoms with E-state index < -0.39 is 0 Å². The van der Waals surface area contributed by atoms with E-state index in [0.29, 0.717) is 23.7 Å². The Kier molecular flexibility index (Phi) is 2.31. The minimum atomic E-state index is -0.340. The summed E-state index contributed by atoms with van der Waals surface area (Å²) in [6, 6.07) is 3.55. The third-order valence-corrected chi connectivity index (χ3v) is 2.90. The number of nitrogens with zero attached hydrogens (tertiary/aromatic N) is 3. The quantitative estimate of drug-likeness (QED) is 0.755. The fraction of sp³-hybridized carbons (Fsp3) is 0.417. The van der Waals surface area contributed by atoms with Crippen molar-refractivity contribution < 1.29 is 9.53 Å². The number of hydrogen-bond acceptors (Lipinski definition) is 4. The summed E-state index contributed by atoms with van der Waals surface area (Å²) in [5, 5.41) is 8.26. The Balaban J connectivity index is 2.10. The molecule has 0 amide bonds. The molecule has 1 saturated carbocycles. The number of carbonyl (C=O) groups is 1. The molecule has 3 rings (SSSR count). The molecule has 2 heterocycles. The van der Waals surface area contributed by atoms with Crippen LogP contribution in [0.3, 0.4) is 0 Å². The minimum Gasteiger partial charge on any atom is -0.462 e. The topological polar surface area (TPSA) is 56.5 Å². The molecule has 0 unspecified atom stereocenters. The number of carbonyl (C=O) groups excluding carboxylic acids is 1. The Hall–Kier alpha value is -1.91. The predicted molar refractivity (Wildman–Crippen MR) is 60.9 cm³/mol. The molecular formula is C12H13N3O2. The number of aromatic nitrogens is 3. The molecule has 2 aromatic heterocycles. The lowest BCUT2D eigenvalue weighted by atomic mass is 10.2. The average Bonchev–Trinajstić information content (AvgIpc) is 3.08. The van der Waals surface area contributed by atoms with E-state index in [1.807, 2.05) is 16.7 Å². The highest BCUT2D eigenvalue weighted by molar-refractivity contribution is 5.95. The van der Waals surface area contributed by atoms with E-state index in [-0.39, 0.29) is 5.97 Å². The average molecular weight is 231 g/mol. The van der Waals surface area contributed by atoms with Gasteiger partial charge in [0.25, 0.3) is 0 Å². The summed E-state index contributed by atoms with van der Waals surface area (Å²) in [6.07, 6.45) is 4.21. The lowest BCUT2D eigenvalue weighted by Gasteiger charge is -2.03. The minimum absolute atomic E-state index is 0.340. The molecule has 1 aliphatic carbocycles. The van der Waals surface area contributed by atoms with Crippen molar-refractivity contribution in [3.05, 3.63) is 29.7 Å². The van der Waals surface area contributed by atoms with Gasteiger partial charge in [-0.3, -0.25) is 4.40 Å². The third-order valence-electron chi connectivity index (χ3n) is 2.90. The van der Waals surface area contributed by atoms with Gasteiger partial charge in [-0.15, -0.1) is 10.2 Å². The molecule has 0 aromatic carbocycles. The van der Waals surface area contributed by atoms with E-state index in [1.165, 1.54) is 0 Å². The van der Waals surface area contributed by atoms with Crippen molar-refractivity contribution in [2.75, 3.05) is 6.61 Å². The van der Waals surface area contributed by atoms with E-state index in [9.17, 15) is 4.79 Å². The van der Waals surface area contributed by atoms with Gasteiger partial charge in [0.1, 0.15) is 11.4 Å². The highest BCUT2D eigenvalue weighted by Gasteiger charge is 2.29. The van der Waals surface area contributed by atoms with Crippen LogP contribution in [0.25, 0.3) is 5.65 Å². The highest BCUT2D eigenvalue weighted by Crippen LogP contribution is 2.39. The molecule has 1 aliphatic rings. The Morgan fingerprint density at radius 2 is 2.35 bits per heavy atom. The van der Waals surface area contributed by atoms with Crippen molar-refractivity contribution in [3.63, 3.8) is 0 Å². The van der Waals surface area contributed by atoms with Crippen molar-refractivity contribution >= 4 is 11.6 Å². The van der Waals surface area contributed by atoms with Crippen LogP contribution in [0.5, 0.6) is 0 Å². The molecule has 0 atom stereocenters. The first-order valence-corrected chi connectivity index (χ1v) is 5.82. The first kappa shape index (κ1) is 10.3. The lowest BCUT2D eigenvalue weighted by molar-refractivity contribution is 0.0528. The largest absolute Gasteiger partial charge is 0.462 e. The first-order chi connectivity index (χ1) is 8.31. The Bertz CT molecular complexity index is 572. The number of rotatable bonds is 3. The fourth-order valence-electron chi connectivity index (χ4n) is 1.92. The van der Waals surface area contributed by atoms with Crippen LogP contribution in [0, 0.1) is 0 Å². The van der Waals surface area contributed by atoms with Crippen LogP contribution >= 0.6 is 0 Å². The summed E-state index contributed by atoms with van der Waals surface area (Å²) in [4.78, 5) is 11.8. The summed E-state index contributed by atoms with van der Waals surface area (Å²) >= 11 is 0. The van der Waals surface area contributed by atoms with Gasteiger partial charge in [0.05, 0.1) is 6.61 Å². The molecule has 0 radical (unpaired) electrons. The van der Waals surface area contributed by atoms with Gasteiger partial charge in [-0.1, -0.05) is 0 Å². The van der Waals surface area contributed by atoms with Crippen LogP contribution in [-0.4, -0.2) is 27.2 Å². The Morgan fingerprint density at radius 3 is 3.06 bits per heavy atom. The summed E-state index contributed by atoms with van der Waals surface area (Å²) < 4.78 is 6.89. The monoisotopic (exact) mass is 231 g/mol. The van der Waals surface area contributed by atoms with E-state index in [2.05, 4.69) is 10.2 Å². The first-order valence-electron chi connectivity index (χ1n) is 5.82. The molecule has 2 aromatic rings. The smallest absolute Gasteiger partial charge is 0.341 e. The van der Waals surface area contributed by atoms with E-state index in [1.54, 1.807) is 13.0 Å². The summed E-state index contributed by atoms with van der Waals surface area (Å²) in [5.74, 6) is 1.11. The molecule has 17 heavy (non-hydrogen) atoms. The predicted octanol–water partition coefficient (Wildman–Crippen LogP) is 1.78. The second-order valence-corrected chi connectivity index (χ2v) is 4.17. The van der Waals surface area contributed by atoms with Crippen LogP contribution in [0.1, 0.15) is 41.9 Å². The molecule has 0 N–H and O–H groups in total. The van der Waals surface area contributed by atoms with Crippen LogP contribution in [0.15, 0.2) is 18.3 Å². The number of pyridine rings is 1. The van der Waals surface area contributed by atoms with E-state index in [0.717, 1.165) is 18.7 Å². The van der Waals surface area contributed by atoms with E-state index >= 15 is 0 Å². The zero-order valence-corrected chi connectivity index (χ0v) is 9.59. The number of esters is 1. The van der Waals surface area contributed by atoms with Gasteiger partial charge in [-0.25, -0.2) is 4.79 Å². The highest BCUT2D eigenvalue weighted by atomic mass is 16.5. The number of fused-ring (bicyclic) bond motifs is 1. The van der Waals surface area contributed by atoms with Crippen molar-refractivity contribution in [3.8, 4) is 0 Å². The van der Waals surface area contributed by atoms with Gasteiger partial charge >= 0.3 is 5.97 Å². The van der Waals surface area contributed by atoms with Crippen LogP contribution in [0.2, 0.25) is 0 Å². The maximum absolute atomic E-state index is 11.8. The summed E-state index contributed by atoms with van der Waals surface area (Å²) in [6.45, 7) is 2.15. The SMILES string of the molecule is CCOC(=O)c1cccn2c(C3CC3)nnc12. The Labute approximate surface area is 98.4 Å². The normalized spacial score (nSPS) is 15.1. The van der Waals surface area contributed by atoms with Gasteiger partial charge in [0.2, 0.25) is 0 Å². The van der Waals surface area contributed by atoms with Crippen LogP contribution < -0.4 is 0 Å². The molecule has 0 bridgehead atoms. The van der Waals surface area contributed by atoms with Gasteiger partial charge in [-0.05, 0) is 31.9 Å². The Morgan fingerprint density at radius 1 is 1.53 bits per heavy atom. The maximum Gasteiger partial charge on any atom is 0.341 e.